The molecule has 0 aliphatic carbocycles. The zero-order valence-electron chi connectivity index (χ0n) is 11.8. The average Bonchev–Trinajstić information content (AvgIpc) is 2.85. The van der Waals surface area contributed by atoms with E-state index in [0.717, 1.165) is 17.8 Å². The molecule has 0 saturated carbocycles. The van der Waals surface area contributed by atoms with Gasteiger partial charge < -0.3 is 9.84 Å². The Bertz CT molecular complexity index is 584. The van der Waals surface area contributed by atoms with Gasteiger partial charge in [0.1, 0.15) is 9.77 Å². The number of unbranched alkanes of at least 4 members (excludes halogenated alkanes) is 1. The Morgan fingerprint density at radius 2 is 2.14 bits per heavy atom. The van der Waals surface area contributed by atoms with E-state index in [2.05, 4.69) is 20.7 Å². The van der Waals surface area contributed by atoms with Crippen LogP contribution in [0.2, 0.25) is 0 Å². The number of carbonyl (C=O) groups excluding carboxylic acids is 1. The lowest BCUT2D eigenvalue weighted by Crippen LogP contribution is -2.34. The fraction of sp³-hybridized carbons (Fsp3) is 0.583. The third-order valence-electron chi connectivity index (χ3n) is 2.77. The van der Waals surface area contributed by atoms with Crippen LogP contribution in [0.25, 0.3) is 0 Å². The van der Waals surface area contributed by atoms with Gasteiger partial charge in [0, 0.05) is 13.1 Å². The van der Waals surface area contributed by atoms with Gasteiger partial charge in [0.25, 0.3) is 0 Å². The molecule has 1 N–H and O–H groups in total. The molecule has 0 amide bonds. The fourth-order valence-electron chi connectivity index (χ4n) is 1.67. The SMILES string of the molecule is CCCCN(CCO)S(=O)(=O)c1cc(C(=O)OC)sc1Br. The van der Waals surface area contributed by atoms with Crippen molar-refractivity contribution in [2.75, 3.05) is 26.8 Å². The Morgan fingerprint density at radius 1 is 1.48 bits per heavy atom. The van der Waals surface area contributed by atoms with Gasteiger partial charge in [0.2, 0.25) is 10.0 Å². The van der Waals surface area contributed by atoms with E-state index >= 15 is 0 Å². The van der Waals surface area contributed by atoms with Crippen molar-refractivity contribution in [3.8, 4) is 0 Å². The number of sulfonamides is 1. The van der Waals surface area contributed by atoms with Gasteiger partial charge in [-0.1, -0.05) is 13.3 Å². The van der Waals surface area contributed by atoms with Crippen molar-refractivity contribution >= 4 is 43.3 Å². The molecule has 1 aromatic rings. The summed E-state index contributed by atoms with van der Waals surface area (Å²) in [6.45, 7) is 2.06. The van der Waals surface area contributed by atoms with Crippen LogP contribution in [-0.4, -0.2) is 50.6 Å². The number of halogens is 1. The van der Waals surface area contributed by atoms with Gasteiger partial charge in [0.15, 0.2) is 0 Å². The second kappa shape index (κ2) is 8.23. The molecule has 1 aromatic heterocycles. The van der Waals surface area contributed by atoms with Crippen molar-refractivity contribution in [2.45, 2.75) is 24.7 Å². The van der Waals surface area contributed by atoms with Gasteiger partial charge in [-0.05, 0) is 28.4 Å². The van der Waals surface area contributed by atoms with Gasteiger partial charge in [-0.15, -0.1) is 11.3 Å². The third kappa shape index (κ3) is 4.49. The van der Waals surface area contributed by atoms with Crippen LogP contribution >= 0.6 is 27.3 Å². The highest BCUT2D eigenvalue weighted by Crippen LogP contribution is 2.34. The van der Waals surface area contributed by atoms with E-state index in [-0.39, 0.29) is 22.9 Å². The first-order valence-electron chi connectivity index (χ1n) is 6.37. The van der Waals surface area contributed by atoms with Crippen LogP contribution in [0, 0.1) is 0 Å². The lowest BCUT2D eigenvalue weighted by atomic mass is 10.3. The zero-order chi connectivity index (χ0) is 16.0. The minimum absolute atomic E-state index is 0.0254. The highest BCUT2D eigenvalue weighted by atomic mass is 79.9. The minimum Gasteiger partial charge on any atom is -0.465 e. The number of esters is 1. The smallest absolute Gasteiger partial charge is 0.348 e. The lowest BCUT2D eigenvalue weighted by Gasteiger charge is -2.20. The topological polar surface area (TPSA) is 83.9 Å². The van der Waals surface area contributed by atoms with E-state index in [1.165, 1.54) is 17.5 Å². The van der Waals surface area contributed by atoms with Gasteiger partial charge in [-0.25, -0.2) is 13.2 Å². The maximum absolute atomic E-state index is 12.6. The predicted octanol–water partition coefficient (Wildman–Crippen LogP) is 2.08. The largest absolute Gasteiger partial charge is 0.465 e. The highest BCUT2D eigenvalue weighted by Gasteiger charge is 2.29. The van der Waals surface area contributed by atoms with Crippen LogP contribution in [-0.2, 0) is 14.8 Å². The number of methoxy groups -OCH3 is 1. The molecule has 1 heterocycles. The van der Waals surface area contributed by atoms with Gasteiger partial charge >= 0.3 is 5.97 Å². The summed E-state index contributed by atoms with van der Waals surface area (Å²) < 4.78 is 31.4. The number of hydrogen-bond acceptors (Lipinski definition) is 6. The summed E-state index contributed by atoms with van der Waals surface area (Å²) in [4.78, 5) is 11.7. The summed E-state index contributed by atoms with van der Waals surface area (Å²) in [5.41, 5.74) is 0. The van der Waals surface area contributed by atoms with E-state index in [4.69, 9.17) is 5.11 Å². The number of ether oxygens (including phenoxy) is 1. The standard InChI is InChI=1S/C12H18BrNO5S2/c1-3-4-5-14(6-7-15)21(17,18)10-8-9(12(16)19-2)20-11(10)13/h8,15H,3-7H2,1-2H3. The number of aliphatic hydroxyl groups excluding tert-OH is 1. The Kier molecular flexibility index (Phi) is 7.28. The zero-order valence-corrected chi connectivity index (χ0v) is 15.1. The maximum Gasteiger partial charge on any atom is 0.348 e. The van der Waals surface area contributed by atoms with Crippen LogP contribution in [0.5, 0.6) is 0 Å². The molecule has 0 radical (unpaired) electrons. The van der Waals surface area contributed by atoms with Crippen LogP contribution in [0.15, 0.2) is 14.7 Å². The molecule has 1 rings (SSSR count). The molecule has 0 fully saturated rings. The summed E-state index contributed by atoms with van der Waals surface area (Å²) in [6, 6.07) is 1.30. The molecular weight excluding hydrogens is 382 g/mol. The number of rotatable bonds is 8. The van der Waals surface area contributed by atoms with Crippen molar-refractivity contribution in [1.82, 2.24) is 4.31 Å². The van der Waals surface area contributed by atoms with E-state index in [1.807, 2.05) is 6.92 Å². The summed E-state index contributed by atoms with van der Waals surface area (Å²) in [5.74, 6) is -0.579. The van der Waals surface area contributed by atoms with Gasteiger partial charge in [0.05, 0.1) is 17.5 Å². The van der Waals surface area contributed by atoms with Crippen LogP contribution in [0.1, 0.15) is 29.4 Å². The second-order valence-electron chi connectivity index (χ2n) is 4.22. The number of hydrogen-bond donors (Lipinski definition) is 1. The van der Waals surface area contributed by atoms with E-state index in [9.17, 15) is 13.2 Å². The second-order valence-corrected chi connectivity index (χ2v) is 8.50. The van der Waals surface area contributed by atoms with Crippen LogP contribution in [0.3, 0.4) is 0 Å². The first-order valence-corrected chi connectivity index (χ1v) is 9.42. The van der Waals surface area contributed by atoms with Crippen molar-refractivity contribution in [3.63, 3.8) is 0 Å². The van der Waals surface area contributed by atoms with Crippen molar-refractivity contribution in [3.05, 3.63) is 14.7 Å². The summed E-state index contributed by atoms with van der Waals surface area (Å²) in [7, 11) is -2.52. The number of carbonyl (C=O) groups is 1. The Morgan fingerprint density at radius 3 is 2.67 bits per heavy atom. The molecule has 0 aliphatic heterocycles. The van der Waals surface area contributed by atoms with Gasteiger partial charge in [-0.3, -0.25) is 0 Å². The molecule has 0 bridgehead atoms. The predicted molar refractivity (Wildman–Crippen MR) is 84.1 cm³/mol. The fourth-order valence-corrected chi connectivity index (χ4v) is 5.57. The molecule has 0 unspecified atom stereocenters. The quantitative estimate of drug-likeness (QED) is 0.676. The van der Waals surface area contributed by atoms with Crippen LogP contribution < -0.4 is 0 Å². The molecule has 21 heavy (non-hydrogen) atoms. The van der Waals surface area contributed by atoms with Crippen LogP contribution in [0.4, 0.5) is 0 Å². The molecule has 0 spiro atoms. The molecule has 0 aliphatic rings. The molecule has 0 atom stereocenters. The third-order valence-corrected chi connectivity index (χ3v) is 6.90. The summed E-state index contributed by atoms with van der Waals surface area (Å²) in [5, 5.41) is 9.06. The Labute approximate surface area is 136 Å². The number of aliphatic hydroxyl groups is 1. The Hall–Kier alpha value is -0.480. The normalized spacial score (nSPS) is 11.9. The van der Waals surface area contributed by atoms with Crippen molar-refractivity contribution < 1.29 is 23.1 Å². The van der Waals surface area contributed by atoms with Gasteiger partial charge in [-0.2, -0.15) is 4.31 Å². The maximum atomic E-state index is 12.6. The summed E-state index contributed by atoms with van der Waals surface area (Å²) in [6.07, 6.45) is 1.54. The molecule has 120 valence electrons. The first kappa shape index (κ1) is 18.6. The molecule has 0 aromatic carbocycles. The van der Waals surface area contributed by atoms with E-state index < -0.39 is 16.0 Å². The highest BCUT2D eigenvalue weighted by molar-refractivity contribution is 9.11. The molecule has 0 saturated heterocycles. The monoisotopic (exact) mass is 399 g/mol. The Balaban J connectivity index is 3.15. The lowest BCUT2D eigenvalue weighted by molar-refractivity contribution is 0.0606. The van der Waals surface area contributed by atoms with E-state index in [1.54, 1.807) is 0 Å². The van der Waals surface area contributed by atoms with Crippen molar-refractivity contribution in [2.24, 2.45) is 0 Å². The molecular formula is C12H18BrNO5S2. The molecule has 9 heteroatoms. The number of thiophene rings is 1. The summed E-state index contributed by atoms with van der Waals surface area (Å²) >= 11 is 4.19. The minimum atomic E-state index is -3.76. The van der Waals surface area contributed by atoms with Crippen molar-refractivity contribution in [1.29, 1.82) is 0 Å². The first-order chi connectivity index (χ1) is 9.88. The molecule has 6 nitrogen and oxygen atoms in total. The number of nitrogens with zero attached hydrogens (tertiary/aromatic N) is 1. The average molecular weight is 400 g/mol. The van der Waals surface area contributed by atoms with E-state index in [0.29, 0.717) is 16.8 Å².